The normalized spacial score (nSPS) is 53.5. The van der Waals surface area contributed by atoms with E-state index in [4.69, 9.17) is 14.2 Å². The predicted octanol–water partition coefficient (Wildman–Crippen LogP) is 1.61. The third-order valence-electron chi connectivity index (χ3n) is 7.01. The fourth-order valence-electron chi connectivity index (χ4n) is 5.87. The minimum atomic E-state index is -0.514. The van der Waals surface area contributed by atoms with Crippen LogP contribution in [0, 0.1) is 11.8 Å². The van der Waals surface area contributed by atoms with Gasteiger partial charge in [0.25, 0.3) is 0 Å². The van der Waals surface area contributed by atoms with Crippen LogP contribution in [0.5, 0.6) is 0 Å². The quantitative estimate of drug-likeness (QED) is 0.679. The number of ether oxygens (including phenoxy) is 3. The van der Waals surface area contributed by atoms with Gasteiger partial charge in [0.1, 0.15) is 6.10 Å². The summed E-state index contributed by atoms with van der Waals surface area (Å²) in [4.78, 5) is 26.4. The molecule has 5 aliphatic heterocycles. The summed E-state index contributed by atoms with van der Waals surface area (Å²) < 4.78 is 18.1. The second-order valence-electron chi connectivity index (χ2n) is 8.45. The molecule has 7 atom stereocenters. The molecule has 5 fully saturated rings. The van der Waals surface area contributed by atoms with Crippen LogP contribution in [0.25, 0.3) is 0 Å². The van der Waals surface area contributed by atoms with Crippen LogP contribution in [-0.4, -0.2) is 53.0 Å². The van der Waals surface area contributed by atoms with E-state index in [1.807, 2.05) is 13.8 Å². The third kappa shape index (κ3) is 1.74. The molecule has 0 aliphatic carbocycles. The Labute approximate surface area is 141 Å². The number of carbonyl (C=O) groups excluding carboxylic acids is 2. The molecule has 0 aromatic rings. The molecule has 5 rings (SSSR count). The minimum Gasteiger partial charge on any atom is -0.460 e. The number of esters is 2. The molecule has 24 heavy (non-hydrogen) atoms. The fraction of sp³-hybridized carbons (Fsp3) is 0.889. The summed E-state index contributed by atoms with van der Waals surface area (Å²) in [6.45, 7) is 4.75. The van der Waals surface area contributed by atoms with Gasteiger partial charge in [-0.2, -0.15) is 0 Å². The van der Waals surface area contributed by atoms with Gasteiger partial charge in [-0.15, -0.1) is 0 Å². The first-order valence-electron chi connectivity index (χ1n) is 9.32. The first kappa shape index (κ1) is 15.1. The average Bonchev–Trinajstić information content (AvgIpc) is 3.20. The van der Waals surface area contributed by atoms with Crippen LogP contribution < -0.4 is 0 Å². The van der Waals surface area contributed by atoms with Crippen LogP contribution in [-0.2, 0) is 23.8 Å². The fourth-order valence-corrected chi connectivity index (χ4v) is 5.87. The summed E-state index contributed by atoms with van der Waals surface area (Å²) in [5.74, 6) is -0.264. The Kier molecular flexibility index (Phi) is 2.98. The van der Waals surface area contributed by atoms with Crippen LogP contribution in [0.15, 0.2) is 0 Å². The summed E-state index contributed by atoms with van der Waals surface area (Å²) in [5.41, 5.74) is -1.02. The minimum absolute atomic E-state index is 0.0206. The van der Waals surface area contributed by atoms with E-state index in [-0.39, 0.29) is 42.0 Å². The second-order valence-corrected chi connectivity index (χ2v) is 8.45. The lowest BCUT2D eigenvalue weighted by Crippen LogP contribution is -2.62. The maximum absolute atomic E-state index is 12.2. The molecule has 0 amide bonds. The van der Waals surface area contributed by atoms with Crippen LogP contribution in [0.1, 0.15) is 52.4 Å². The SMILES string of the molecule is C[C@H]1C[C@@H]([C@H]2CC[C@@]34O[C@@H](CC[C@@]35C[C@H](C)C(=O)O5)CN24)OC1=O. The Balaban J connectivity index is 1.48. The average molecular weight is 335 g/mol. The highest BCUT2D eigenvalue weighted by Crippen LogP contribution is 2.59. The summed E-state index contributed by atoms with van der Waals surface area (Å²) in [7, 11) is 0. The lowest BCUT2D eigenvalue weighted by Gasteiger charge is -2.48. The summed E-state index contributed by atoms with van der Waals surface area (Å²) in [6, 6.07) is 0.188. The Morgan fingerprint density at radius 2 is 1.92 bits per heavy atom. The molecule has 5 saturated heterocycles. The monoisotopic (exact) mass is 335 g/mol. The highest BCUT2D eigenvalue weighted by atomic mass is 16.6. The highest BCUT2D eigenvalue weighted by molar-refractivity contribution is 5.75. The van der Waals surface area contributed by atoms with Crippen molar-refractivity contribution in [1.29, 1.82) is 0 Å². The number of hydrogen-bond acceptors (Lipinski definition) is 6. The van der Waals surface area contributed by atoms with Gasteiger partial charge < -0.3 is 14.2 Å². The molecule has 0 saturated carbocycles. The van der Waals surface area contributed by atoms with Crippen molar-refractivity contribution in [2.24, 2.45) is 11.8 Å². The van der Waals surface area contributed by atoms with Gasteiger partial charge >= 0.3 is 11.9 Å². The molecule has 0 aromatic heterocycles. The van der Waals surface area contributed by atoms with E-state index in [9.17, 15) is 9.59 Å². The predicted molar refractivity (Wildman–Crippen MR) is 82.8 cm³/mol. The van der Waals surface area contributed by atoms with Crippen LogP contribution in [0.4, 0.5) is 0 Å². The number of rotatable bonds is 1. The summed E-state index contributed by atoms with van der Waals surface area (Å²) in [5, 5.41) is 0. The van der Waals surface area contributed by atoms with Gasteiger partial charge in [-0.05, 0) is 32.1 Å². The standard InChI is InChI=1S/C18H25NO5/c1-10-7-14(22-15(10)20)13-4-6-18-17(8-11(2)16(21)24-17)5-3-12(23-18)9-19(13)18/h10-14H,3-9H2,1-2H3/t10-,11-,12-,13+,14-,17+,18+/m0/s1. The summed E-state index contributed by atoms with van der Waals surface area (Å²) in [6.07, 6.45) is 5.29. The highest BCUT2D eigenvalue weighted by Gasteiger charge is 2.72. The third-order valence-corrected chi connectivity index (χ3v) is 7.01. The number of fused-ring (bicyclic) bond motifs is 1. The van der Waals surface area contributed by atoms with Crippen LogP contribution in [0.3, 0.4) is 0 Å². The van der Waals surface area contributed by atoms with Crippen molar-refractivity contribution in [2.75, 3.05) is 6.54 Å². The van der Waals surface area contributed by atoms with E-state index in [2.05, 4.69) is 4.90 Å². The van der Waals surface area contributed by atoms with Crippen molar-refractivity contribution < 1.29 is 23.8 Å². The molecule has 0 N–H and O–H groups in total. The molecular weight excluding hydrogens is 310 g/mol. The van der Waals surface area contributed by atoms with E-state index < -0.39 is 11.3 Å². The van der Waals surface area contributed by atoms with Gasteiger partial charge in [0.2, 0.25) is 0 Å². The molecule has 2 bridgehead atoms. The van der Waals surface area contributed by atoms with Crippen molar-refractivity contribution in [2.45, 2.75) is 81.9 Å². The zero-order chi connectivity index (χ0) is 16.7. The van der Waals surface area contributed by atoms with Gasteiger partial charge in [-0.25, -0.2) is 0 Å². The lowest BCUT2D eigenvalue weighted by molar-refractivity contribution is -0.246. The molecule has 5 aliphatic rings. The van der Waals surface area contributed by atoms with Crippen molar-refractivity contribution in [3.05, 3.63) is 0 Å². The molecule has 5 heterocycles. The van der Waals surface area contributed by atoms with E-state index in [1.54, 1.807) is 0 Å². The summed E-state index contributed by atoms with van der Waals surface area (Å²) >= 11 is 0. The lowest BCUT2D eigenvalue weighted by atomic mass is 9.78. The van der Waals surface area contributed by atoms with Gasteiger partial charge in [0.15, 0.2) is 11.3 Å². The molecule has 132 valence electrons. The molecule has 6 heteroatoms. The Morgan fingerprint density at radius 3 is 2.58 bits per heavy atom. The van der Waals surface area contributed by atoms with Crippen LogP contribution in [0.2, 0.25) is 0 Å². The first-order valence-corrected chi connectivity index (χ1v) is 9.32. The van der Waals surface area contributed by atoms with Crippen LogP contribution >= 0.6 is 0 Å². The Morgan fingerprint density at radius 1 is 1.08 bits per heavy atom. The van der Waals surface area contributed by atoms with Crippen molar-refractivity contribution in [3.63, 3.8) is 0 Å². The Bertz CT molecular complexity index is 608. The van der Waals surface area contributed by atoms with Crippen molar-refractivity contribution >= 4 is 11.9 Å². The smallest absolute Gasteiger partial charge is 0.309 e. The number of hydrogen-bond donors (Lipinski definition) is 0. The topological polar surface area (TPSA) is 65.1 Å². The van der Waals surface area contributed by atoms with E-state index in [0.29, 0.717) is 0 Å². The molecule has 2 spiro atoms. The second kappa shape index (κ2) is 4.73. The molecule has 0 unspecified atom stereocenters. The zero-order valence-electron chi connectivity index (χ0n) is 14.3. The van der Waals surface area contributed by atoms with Gasteiger partial charge in [-0.1, -0.05) is 13.8 Å². The van der Waals surface area contributed by atoms with E-state index in [0.717, 1.165) is 45.1 Å². The number of nitrogens with zero attached hydrogens (tertiary/aromatic N) is 1. The van der Waals surface area contributed by atoms with E-state index in [1.165, 1.54) is 0 Å². The Hall–Kier alpha value is -1.14. The number of cyclic esters (lactones) is 1. The largest absolute Gasteiger partial charge is 0.460 e. The molecule has 6 nitrogen and oxygen atoms in total. The number of carbonyl (C=O) groups is 2. The molecular formula is C18H25NO5. The van der Waals surface area contributed by atoms with Crippen molar-refractivity contribution in [1.82, 2.24) is 4.90 Å². The molecule has 0 radical (unpaired) electrons. The van der Waals surface area contributed by atoms with E-state index >= 15 is 0 Å². The van der Waals surface area contributed by atoms with Gasteiger partial charge in [-0.3, -0.25) is 14.5 Å². The maximum Gasteiger partial charge on any atom is 0.309 e. The zero-order valence-corrected chi connectivity index (χ0v) is 14.3. The first-order chi connectivity index (χ1) is 11.4. The van der Waals surface area contributed by atoms with Gasteiger partial charge in [0, 0.05) is 19.0 Å². The van der Waals surface area contributed by atoms with Gasteiger partial charge in [0.05, 0.1) is 17.9 Å². The van der Waals surface area contributed by atoms with Crippen molar-refractivity contribution in [3.8, 4) is 0 Å². The molecule has 0 aromatic carbocycles. The maximum atomic E-state index is 12.2.